The number of aliphatic carboxylic acids is 1. The van der Waals surface area contributed by atoms with Crippen LogP contribution in [0.25, 0.3) is 0 Å². The van der Waals surface area contributed by atoms with Gasteiger partial charge >= 0.3 is 5.97 Å². The largest absolute Gasteiger partial charge is 0.480 e. The van der Waals surface area contributed by atoms with Crippen molar-refractivity contribution in [3.63, 3.8) is 0 Å². The molecular formula is C12H12ClNO4. The Morgan fingerprint density at radius 2 is 1.78 bits per heavy atom. The minimum Gasteiger partial charge on any atom is -0.480 e. The van der Waals surface area contributed by atoms with Gasteiger partial charge in [0.1, 0.15) is 6.54 Å². The Bertz CT molecular complexity index is 469. The summed E-state index contributed by atoms with van der Waals surface area (Å²) in [5.41, 5.74) is 0.668. The lowest BCUT2D eigenvalue weighted by Crippen LogP contribution is -2.40. The van der Waals surface area contributed by atoms with Gasteiger partial charge in [-0.3, -0.25) is 19.3 Å². The molecule has 0 bridgehead atoms. The first kappa shape index (κ1) is 14.2. The molecule has 0 saturated carbocycles. The lowest BCUT2D eigenvalue weighted by molar-refractivity contribution is -0.151. The number of carbonyl (C=O) groups is 3. The van der Waals surface area contributed by atoms with Gasteiger partial charge in [-0.25, -0.2) is 0 Å². The fourth-order valence-electron chi connectivity index (χ4n) is 1.38. The molecule has 1 aromatic carbocycles. The molecule has 96 valence electrons. The Morgan fingerprint density at radius 3 is 2.22 bits per heavy atom. The van der Waals surface area contributed by atoms with Crippen molar-refractivity contribution in [1.82, 2.24) is 4.90 Å². The second kappa shape index (κ2) is 6.16. The Kier molecular flexibility index (Phi) is 4.85. The maximum atomic E-state index is 11.8. The topological polar surface area (TPSA) is 74.7 Å². The normalized spacial score (nSPS) is 9.89. The smallest absolute Gasteiger partial charge is 0.323 e. The SMILES string of the molecule is CC(=O)N(CC(=O)O)C(=O)Cc1ccc(Cl)cc1. The maximum Gasteiger partial charge on any atom is 0.323 e. The summed E-state index contributed by atoms with van der Waals surface area (Å²) in [6.45, 7) is 0.532. The van der Waals surface area contributed by atoms with Crippen LogP contribution in [-0.4, -0.2) is 34.3 Å². The number of halogens is 1. The highest BCUT2D eigenvalue weighted by molar-refractivity contribution is 6.30. The quantitative estimate of drug-likeness (QED) is 0.895. The second-order valence-corrected chi connectivity index (χ2v) is 4.13. The number of carboxylic acid groups (broad SMARTS) is 1. The van der Waals surface area contributed by atoms with E-state index in [1.807, 2.05) is 0 Å². The van der Waals surface area contributed by atoms with Gasteiger partial charge in [0.15, 0.2) is 0 Å². The molecular weight excluding hydrogens is 258 g/mol. The van der Waals surface area contributed by atoms with Gasteiger partial charge in [-0.2, -0.15) is 0 Å². The molecule has 0 aliphatic rings. The van der Waals surface area contributed by atoms with E-state index in [-0.39, 0.29) is 6.42 Å². The van der Waals surface area contributed by atoms with Crippen LogP contribution in [0.15, 0.2) is 24.3 Å². The van der Waals surface area contributed by atoms with Gasteiger partial charge in [0.2, 0.25) is 11.8 Å². The summed E-state index contributed by atoms with van der Waals surface area (Å²) < 4.78 is 0. The van der Waals surface area contributed by atoms with Crippen molar-refractivity contribution in [2.75, 3.05) is 6.54 Å². The van der Waals surface area contributed by atoms with Crippen molar-refractivity contribution in [1.29, 1.82) is 0 Å². The molecule has 0 unspecified atom stereocenters. The lowest BCUT2D eigenvalue weighted by Gasteiger charge is -2.16. The summed E-state index contributed by atoms with van der Waals surface area (Å²) in [6.07, 6.45) is -0.0377. The number of nitrogens with zero attached hydrogens (tertiary/aromatic N) is 1. The third-order valence-corrected chi connectivity index (χ3v) is 2.50. The van der Waals surface area contributed by atoms with E-state index >= 15 is 0 Å². The molecule has 6 heteroatoms. The molecule has 0 aromatic heterocycles. The van der Waals surface area contributed by atoms with Crippen LogP contribution in [0.3, 0.4) is 0 Å². The number of rotatable bonds is 4. The molecule has 5 nitrogen and oxygen atoms in total. The summed E-state index contributed by atoms with van der Waals surface area (Å²) in [5.74, 6) is -2.36. The van der Waals surface area contributed by atoms with E-state index in [4.69, 9.17) is 16.7 Å². The number of hydrogen-bond donors (Lipinski definition) is 1. The standard InChI is InChI=1S/C12H12ClNO4/c1-8(15)14(7-12(17)18)11(16)6-9-2-4-10(13)5-3-9/h2-5H,6-7H2,1H3,(H,17,18). The monoisotopic (exact) mass is 269 g/mol. The summed E-state index contributed by atoms with van der Waals surface area (Å²) >= 11 is 5.70. The van der Waals surface area contributed by atoms with Gasteiger partial charge in [0.25, 0.3) is 0 Å². The number of imide groups is 1. The van der Waals surface area contributed by atoms with Crippen molar-refractivity contribution in [3.05, 3.63) is 34.9 Å². The molecule has 0 atom stereocenters. The minimum atomic E-state index is -1.23. The Hall–Kier alpha value is -1.88. The van der Waals surface area contributed by atoms with Crippen LogP contribution in [0, 0.1) is 0 Å². The van der Waals surface area contributed by atoms with E-state index in [1.54, 1.807) is 24.3 Å². The zero-order chi connectivity index (χ0) is 13.7. The van der Waals surface area contributed by atoms with E-state index in [0.29, 0.717) is 15.5 Å². The van der Waals surface area contributed by atoms with Crippen molar-refractivity contribution in [3.8, 4) is 0 Å². The van der Waals surface area contributed by atoms with Crippen molar-refractivity contribution in [2.24, 2.45) is 0 Å². The number of amides is 2. The van der Waals surface area contributed by atoms with Crippen molar-refractivity contribution >= 4 is 29.4 Å². The van der Waals surface area contributed by atoms with E-state index in [2.05, 4.69) is 0 Å². The van der Waals surface area contributed by atoms with Crippen molar-refractivity contribution < 1.29 is 19.5 Å². The molecule has 2 amide bonds. The molecule has 18 heavy (non-hydrogen) atoms. The average Bonchev–Trinajstić information content (AvgIpc) is 2.28. The average molecular weight is 270 g/mol. The zero-order valence-electron chi connectivity index (χ0n) is 9.72. The lowest BCUT2D eigenvalue weighted by atomic mass is 10.1. The molecule has 1 N–H and O–H groups in total. The highest BCUT2D eigenvalue weighted by Gasteiger charge is 2.20. The van der Waals surface area contributed by atoms with Crippen LogP contribution in [0.2, 0.25) is 5.02 Å². The Morgan fingerprint density at radius 1 is 1.22 bits per heavy atom. The molecule has 1 aromatic rings. The van der Waals surface area contributed by atoms with E-state index in [1.165, 1.54) is 0 Å². The predicted octanol–water partition coefficient (Wildman–Crippen LogP) is 1.34. The number of benzene rings is 1. The van der Waals surface area contributed by atoms with Gasteiger partial charge in [-0.1, -0.05) is 23.7 Å². The fraction of sp³-hybridized carbons (Fsp3) is 0.250. The fourth-order valence-corrected chi connectivity index (χ4v) is 1.51. The van der Waals surface area contributed by atoms with Crippen LogP contribution in [0.5, 0.6) is 0 Å². The summed E-state index contributed by atoms with van der Waals surface area (Å²) in [7, 11) is 0. The molecule has 0 aliphatic heterocycles. The molecule has 0 heterocycles. The Labute approximate surface area is 109 Å². The predicted molar refractivity (Wildman–Crippen MR) is 65.2 cm³/mol. The number of hydrogen-bond acceptors (Lipinski definition) is 3. The number of carbonyl (C=O) groups excluding carboxylic acids is 2. The van der Waals surface area contributed by atoms with E-state index in [0.717, 1.165) is 6.92 Å². The summed E-state index contributed by atoms with van der Waals surface area (Å²) in [6, 6.07) is 6.55. The summed E-state index contributed by atoms with van der Waals surface area (Å²) in [4.78, 5) is 34.2. The molecule has 0 radical (unpaired) electrons. The second-order valence-electron chi connectivity index (χ2n) is 3.70. The molecule has 0 spiro atoms. The zero-order valence-corrected chi connectivity index (χ0v) is 10.5. The first-order chi connectivity index (χ1) is 8.40. The highest BCUT2D eigenvalue weighted by atomic mass is 35.5. The first-order valence-electron chi connectivity index (χ1n) is 5.17. The Balaban J connectivity index is 2.75. The highest BCUT2D eigenvalue weighted by Crippen LogP contribution is 2.11. The molecule has 0 aliphatic carbocycles. The van der Waals surface area contributed by atoms with Gasteiger partial charge in [-0.05, 0) is 17.7 Å². The van der Waals surface area contributed by atoms with E-state index in [9.17, 15) is 14.4 Å². The van der Waals surface area contributed by atoms with Gasteiger partial charge in [0.05, 0.1) is 6.42 Å². The van der Waals surface area contributed by atoms with E-state index < -0.39 is 24.3 Å². The van der Waals surface area contributed by atoms with Crippen LogP contribution in [0.4, 0.5) is 0 Å². The molecule has 0 fully saturated rings. The van der Waals surface area contributed by atoms with Crippen LogP contribution in [-0.2, 0) is 20.8 Å². The molecule has 0 saturated heterocycles. The third-order valence-electron chi connectivity index (χ3n) is 2.24. The van der Waals surface area contributed by atoms with Crippen LogP contribution < -0.4 is 0 Å². The number of carboxylic acids is 1. The van der Waals surface area contributed by atoms with Crippen LogP contribution >= 0.6 is 11.6 Å². The third kappa shape index (κ3) is 4.18. The summed E-state index contributed by atoms with van der Waals surface area (Å²) in [5, 5.41) is 9.16. The van der Waals surface area contributed by atoms with Crippen LogP contribution in [0.1, 0.15) is 12.5 Å². The van der Waals surface area contributed by atoms with Gasteiger partial charge in [0, 0.05) is 11.9 Å². The van der Waals surface area contributed by atoms with Gasteiger partial charge < -0.3 is 5.11 Å². The van der Waals surface area contributed by atoms with Crippen molar-refractivity contribution in [2.45, 2.75) is 13.3 Å². The molecule has 1 rings (SSSR count). The first-order valence-corrected chi connectivity index (χ1v) is 5.55. The van der Waals surface area contributed by atoms with Gasteiger partial charge in [-0.15, -0.1) is 0 Å². The maximum absolute atomic E-state index is 11.8. The minimum absolute atomic E-state index is 0.0377.